The third kappa shape index (κ3) is 6.26. The number of unbranched alkanes of at least 4 members (excludes halogenated alkanes) is 1. The average Bonchev–Trinajstić information content (AvgIpc) is 2.81. The fourth-order valence-corrected chi connectivity index (χ4v) is 2.15. The Hall–Kier alpha value is -0.800. The fourth-order valence-electron chi connectivity index (χ4n) is 2.15. The molecule has 3 nitrogen and oxygen atoms in total. The van der Waals surface area contributed by atoms with Gasteiger partial charge in [0.1, 0.15) is 0 Å². The maximum absolute atomic E-state index is 3.55. The summed E-state index contributed by atoms with van der Waals surface area (Å²) >= 11 is 0. The second-order valence-corrected chi connectivity index (χ2v) is 5.65. The second-order valence-electron chi connectivity index (χ2n) is 5.65. The number of nitrogens with zero attached hydrogens (tertiary/aromatic N) is 2. The van der Waals surface area contributed by atoms with E-state index in [0.29, 0.717) is 6.04 Å². The van der Waals surface area contributed by atoms with Crippen molar-refractivity contribution in [3.8, 4) is 0 Å². The zero-order valence-corrected chi connectivity index (χ0v) is 13.2. The number of hydrogen-bond donors (Lipinski definition) is 1. The van der Waals surface area contributed by atoms with Gasteiger partial charge >= 0.3 is 0 Å². The van der Waals surface area contributed by atoms with E-state index < -0.39 is 0 Å². The zero-order valence-electron chi connectivity index (χ0n) is 13.2. The van der Waals surface area contributed by atoms with E-state index in [9.17, 15) is 0 Å². The fraction of sp³-hybridized carbons (Fsp3) is 0.750. The molecule has 0 amide bonds. The Bertz CT molecular complexity index is 330. The Labute approximate surface area is 119 Å². The van der Waals surface area contributed by atoms with E-state index in [4.69, 9.17) is 0 Å². The first-order valence-corrected chi connectivity index (χ1v) is 7.70. The van der Waals surface area contributed by atoms with E-state index in [2.05, 4.69) is 60.9 Å². The lowest BCUT2D eigenvalue weighted by molar-refractivity contribution is 0.268. The number of aromatic nitrogens is 1. The number of aryl methyl sites for hydroxylation is 1. The van der Waals surface area contributed by atoms with Crippen LogP contribution in [0.5, 0.6) is 0 Å². The molecule has 0 aliphatic rings. The van der Waals surface area contributed by atoms with E-state index in [1.54, 1.807) is 0 Å². The van der Waals surface area contributed by atoms with E-state index in [1.807, 2.05) is 0 Å². The Morgan fingerprint density at radius 1 is 1.32 bits per heavy atom. The summed E-state index contributed by atoms with van der Waals surface area (Å²) in [6, 6.07) is 5.02. The molecule has 0 saturated heterocycles. The molecule has 0 aliphatic heterocycles. The van der Waals surface area contributed by atoms with Gasteiger partial charge in [0, 0.05) is 31.0 Å². The van der Waals surface area contributed by atoms with Crippen LogP contribution >= 0.6 is 0 Å². The predicted molar refractivity (Wildman–Crippen MR) is 83.4 cm³/mol. The van der Waals surface area contributed by atoms with Gasteiger partial charge in [-0.3, -0.25) is 0 Å². The third-order valence-corrected chi connectivity index (χ3v) is 3.69. The summed E-state index contributed by atoms with van der Waals surface area (Å²) in [5.41, 5.74) is 1.40. The standard InChI is InChI=1S/C16H31N3/c1-5-11-19-13-8-9-16(19)14-17-10-6-7-12-18(4)15(2)3/h8-9,13,15,17H,5-7,10-12,14H2,1-4H3. The van der Waals surface area contributed by atoms with Gasteiger partial charge in [0.25, 0.3) is 0 Å². The molecular weight excluding hydrogens is 234 g/mol. The lowest BCUT2D eigenvalue weighted by atomic mass is 10.2. The lowest BCUT2D eigenvalue weighted by Crippen LogP contribution is -2.28. The van der Waals surface area contributed by atoms with Crippen LogP contribution in [-0.2, 0) is 13.1 Å². The average molecular weight is 265 g/mol. The van der Waals surface area contributed by atoms with Crippen molar-refractivity contribution >= 4 is 0 Å². The molecule has 1 N–H and O–H groups in total. The highest BCUT2D eigenvalue weighted by molar-refractivity contribution is 5.06. The van der Waals surface area contributed by atoms with Crippen LogP contribution in [0.3, 0.4) is 0 Å². The van der Waals surface area contributed by atoms with Crippen LogP contribution in [0.1, 0.15) is 45.7 Å². The van der Waals surface area contributed by atoms with Crippen LogP contribution in [-0.4, -0.2) is 35.6 Å². The highest BCUT2D eigenvalue weighted by Crippen LogP contribution is 2.03. The van der Waals surface area contributed by atoms with Gasteiger partial charge in [-0.2, -0.15) is 0 Å². The molecular formula is C16H31N3. The minimum absolute atomic E-state index is 0.658. The molecule has 0 spiro atoms. The summed E-state index contributed by atoms with van der Waals surface area (Å²) in [4.78, 5) is 2.41. The maximum atomic E-state index is 3.55. The molecule has 0 aliphatic carbocycles. The van der Waals surface area contributed by atoms with Crippen LogP contribution < -0.4 is 5.32 Å². The van der Waals surface area contributed by atoms with Gasteiger partial charge in [0.15, 0.2) is 0 Å². The molecule has 0 bridgehead atoms. The summed E-state index contributed by atoms with van der Waals surface area (Å²) in [6.45, 7) is 11.2. The Kier molecular flexibility index (Phi) is 7.84. The van der Waals surface area contributed by atoms with Crippen molar-refractivity contribution in [1.82, 2.24) is 14.8 Å². The number of rotatable bonds is 10. The second kappa shape index (κ2) is 9.16. The van der Waals surface area contributed by atoms with Gasteiger partial charge in [-0.1, -0.05) is 6.92 Å². The summed E-state index contributed by atoms with van der Waals surface area (Å²) in [7, 11) is 2.20. The first kappa shape index (κ1) is 16.3. The molecule has 1 aromatic heterocycles. The van der Waals surface area contributed by atoms with Gasteiger partial charge in [-0.25, -0.2) is 0 Å². The largest absolute Gasteiger partial charge is 0.350 e. The van der Waals surface area contributed by atoms with Gasteiger partial charge in [-0.15, -0.1) is 0 Å². The van der Waals surface area contributed by atoms with Gasteiger partial charge in [0.2, 0.25) is 0 Å². The lowest BCUT2D eigenvalue weighted by Gasteiger charge is -2.20. The first-order chi connectivity index (χ1) is 9.15. The molecule has 1 heterocycles. The van der Waals surface area contributed by atoms with Crippen molar-refractivity contribution in [3.05, 3.63) is 24.0 Å². The predicted octanol–water partition coefficient (Wildman–Crippen LogP) is 3.11. The molecule has 0 aromatic carbocycles. The molecule has 0 saturated carbocycles. The third-order valence-electron chi connectivity index (χ3n) is 3.69. The monoisotopic (exact) mass is 265 g/mol. The molecule has 0 unspecified atom stereocenters. The van der Waals surface area contributed by atoms with E-state index in [1.165, 1.54) is 31.5 Å². The highest BCUT2D eigenvalue weighted by Gasteiger charge is 2.02. The van der Waals surface area contributed by atoms with Gasteiger partial charge in [-0.05, 0) is 65.4 Å². The quantitative estimate of drug-likeness (QED) is 0.656. The SMILES string of the molecule is CCCn1cccc1CNCCCCN(C)C(C)C. The van der Waals surface area contributed by atoms with E-state index >= 15 is 0 Å². The first-order valence-electron chi connectivity index (χ1n) is 7.70. The minimum atomic E-state index is 0.658. The van der Waals surface area contributed by atoms with Crippen molar-refractivity contribution in [2.45, 2.75) is 59.2 Å². The molecule has 1 aromatic rings. The molecule has 19 heavy (non-hydrogen) atoms. The minimum Gasteiger partial charge on any atom is -0.350 e. The van der Waals surface area contributed by atoms with E-state index in [-0.39, 0.29) is 0 Å². The summed E-state index contributed by atoms with van der Waals surface area (Å²) < 4.78 is 2.35. The Morgan fingerprint density at radius 3 is 2.79 bits per heavy atom. The van der Waals surface area contributed by atoms with Crippen molar-refractivity contribution in [2.24, 2.45) is 0 Å². The van der Waals surface area contributed by atoms with Crippen molar-refractivity contribution < 1.29 is 0 Å². The van der Waals surface area contributed by atoms with Crippen molar-refractivity contribution in [1.29, 1.82) is 0 Å². The Balaban J connectivity index is 2.09. The molecule has 0 atom stereocenters. The van der Waals surface area contributed by atoms with Crippen LogP contribution in [0.25, 0.3) is 0 Å². The van der Waals surface area contributed by atoms with Crippen molar-refractivity contribution in [3.63, 3.8) is 0 Å². The van der Waals surface area contributed by atoms with E-state index in [0.717, 1.165) is 19.6 Å². The van der Waals surface area contributed by atoms with Gasteiger partial charge in [0.05, 0.1) is 0 Å². The maximum Gasteiger partial charge on any atom is 0.0359 e. The Morgan fingerprint density at radius 2 is 2.11 bits per heavy atom. The van der Waals surface area contributed by atoms with Crippen molar-refractivity contribution in [2.75, 3.05) is 20.1 Å². The normalized spacial score (nSPS) is 11.7. The number of nitrogens with one attached hydrogen (secondary N) is 1. The van der Waals surface area contributed by atoms with Gasteiger partial charge < -0.3 is 14.8 Å². The van der Waals surface area contributed by atoms with Crippen LogP contribution in [0, 0.1) is 0 Å². The van der Waals surface area contributed by atoms with Crippen LogP contribution in [0.4, 0.5) is 0 Å². The number of hydrogen-bond acceptors (Lipinski definition) is 2. The smallest absolute Gasteiger partial charge is 0.0359 e. The molecule has 110 valence electrons. The topological polar surface area (TPSA) is 20.2 Å². The summed E-state index contributed by atoms with van der Waals surface area (Å²) in [5, 5.41) is 3.55. The molecule has 0 fully saturated rings. The molecule has 3 heteroatoms. The zero-order chi connectivity index (χ0) is 14.1. The highest BCUT2D eigenvalue weighted by atomic mass is 15.1. The summed E-state index contributed by atoms with van der Waals surface area (Å²) in [6.07, 6.45) is 5.91. The summed E-state index contributed by atoms with van der Waals surface area (Å²) in [5.74, 6) is 0. The van der Waals surface area contributed by atoms with Crippen LogP contribution in [0.15, 0.2) is 18.3 Å². The molecule has 0 radical (unpaired) electrons. The van der Waals surface area contributed by atoms with Crippen LogP contribution in [0.2, 0.25) is 0 Å². The molecule has 1 rings (SSSR count).